The number of rotatable bonds is 8. The van der Waals surface area contributed by atoms with E-state index in [4.69, 9.17) is 4.74 Å². The molecule has 0 aromatic rings. The average molecular weight is 264 g/mol. The number of hydrogen-bond donors (Lipinski definition) is 0. The van der Waals surface area contributed by atoms with Crippen molar-refractivity contribution in [3.8, 4) is 0 Å². The van der Waals surface area contributed by atoms with Gasteiger partial charge in [-0.05, 0) is 52.9 Å². The maximum absolute atomic E-state index is 11.3. The van der Waals surface area contributed by atoms with Crippen LogP contribution in [0.15, 0.2) is 35.5 Å². The Bertz CT molecular complexity index is 344. The fraction of sp³-hybridized carbons (Fsp3) is 0.588. The fourth-order valence-electron chi connectivity index (χ4n) is 1.61. The number of carbonyl (C=O) groups is 1. The van der Waals surface area contributed by atoms with Gasteiger partial charge < -0.3 is 4.74 Å². The van der Waals surface area contributed by atoms with E-state index >= 15 is 0 Å². The summed E-state index contributed by atoms with van der Waals surface area (Å²) in [5.41, 5.74) is 2.03. The van der Waals surface area contributed by atoms with Crippen LogP contribution in [0.25, 0.3) is 0 Å². The summed E-state index contributed by atoms with van der Waals surface area (Å²) in [5.74, 6) is 0.437. The second kappa shape index (κ2) is 10.6. The van der Waals surface area contributed by atoms with Crippen molar-refractivity contribution in [1.29, 1.82) is 0 Å². The smallest absolute Gasteiger partial charge is 0.333 e. The Hall–Kier alpha value is -1.31. The predicted octanol–water partition coefficient (Wildman–Crippen LogP) is 4.82. The zero-order valence-electron chi connectivity index (χ0n) is 13.0. The molecule has 0 amide bonds. The third kappa shape index (κ3) is 10.3. The summed E-state index contributed by atoms with van der Waals surface area (Å²) in [6, 6.07) is 0. The molecule has 1 unspecified atom stereocenters. The third-order valence-corrected chi connectivity index (χ3v) is 2.83. The molecule has 0 aliphatic carbocycles. The highest BCUT2D eigenvalue weighted by Gasteiger charge is 2.02. The van der Waals surface area contributed by atoms with Crippen LogP contribution in [0.2, 0.25) is 0 Å². The molecule has 2 heteroatoms. The van der Waals surface area contributed by atoms with Gasteiger partial charge in [0, 0.05) is 5.57 Å². The maximum atomic E-state index is 11.3. The Morgan fingerprint density at radius 3 is 2.53 bits per heavy atom. The van der Waals surface area contributed by atoms with Crippen LogP contribution in [0.4, 0.5) is 0 Å². The van der Waals surface area contributed by atoms with Crippen molar-refractivity contribution >= 4 is 5.97 Å². The highest BCUT2D eigenvalue weighted by Crippen LogP contribution is 2.12. The molecule has 0 aliphatic rings. The lowest BCUT2D eigenvalue weighted by Crippen LogP contribution is -2.04. The molecule has 0 aromatic carbocycles. The monoisotopic (exact) mass is 264 g/mol. The van der Waals surface area contributed by atoms with E-state index in [1.54, 1.807) is 6.92 Å². The topological polar surface area (TPSA) is 26.3 Å². The average Bonchev–Trinajstić information content (AvgIpc) is 2.34. The fourth-order valence-corrected chi connectivity index (χ4v) is 1.61. The summed E-state index contributed by atoms with van der Waals surface area (Å²) >= 11 is 0. The SMILES string of the molecule is CCOC(=O)C(C)=CC=CCC(C)CCC=C(C)C. The molecule has 0 saturated heterocycles. The summed E-state index contributed by atoms with van der Waals surface area (Å²) in [7, 11) is 0. The highest BCUT2D eigenvalue weighted by molar-refractivity contribution is 5.88. The minimum atomic E-state index is -0.233. The van der Waals surface area contributed by atoms with Gasteiger partial charge in [0.2, 0.25) is 0 Å². The first-order chi connectivity index (χ1) is 8.97. The summed E-state index contributed by atoms with van der Waals surface area (Å²) < 4.78 is 4.91. The Kier molecular flexibility index (Phi) is 9.87. The first-order valence-corrected chi connectivity index (χ1v) is 7.11. The second-order valence-electron chi connectivity index (χ2n) is 5.20. The van der Waals surface area contributed by atoms with Crippen LogP contribution in [0.3, 0.4) is 0 Å². The van der Waals surface area contributed by atoms with Gasteiger partial charge in [0.05, 0.1) is 6.61 Å². The van der Waals surface area contributed by atoms with E-state index in [2.05, 4.69) is 32.9 Å². The lowest BCUT2D eigenvalue weighted by Gasteiger charge is -2.06. The van der Waals surface area contributed by atoms with Crippen LogP contribution in [0, 0.1) is 5.92 Å². The molecule has 0 radical (unpaired) electrons. The molecule has 0 rings (SSSR count). The van der Waals surface area contributed by atoms with Crippen LogP contribution >= 0.6 is 0 Å². The van der Waals surface area contributed by atoms with Gasteiger partial charge in [-0.25, -0.2) is 4.79 Å². The summed E-state index contributed by atoms with van der Waals surface area (Å²) in [6.07, 6.45) is 11.6. The Balaban J connectivity index is 3.98. The van der Waals surface area contributed by atoms with Crippen molar-refractivity contribution in [3.63, 3.8) is 0 Å². The van der Waals surface area contributed by atoms with Gasteiger partial charge in [0.25, 0.3) is 0 Å². The third-order valence-electron chi connectivity index (χ3n) is 2.83. The van der Waals surface area contributed by atoms with Gasteiger partial charge in [0.1, 0.15) is 0 Å². The molecule has 0 aliphatic heterocycles. The number of hydrogen-bond acceptors (Lipinski definition) is 2. The number of esters is 1. The molecular weight excluding hydrogens is 236 g/mol. The van der Waals surface area contributed by atoms with E-state index in [9.17, 15) is 4.79 Å². The zero-order chi connectivity index (χ0) is 14.7. The van der Waals surface area contributed by atoms with Crippen molar-refractivity contribution < 1.29 is 9.53 Å². The molecule has 108 valence electrons. The first-order valence-electron chi connectivity index (χ1n) is 7.11. The lowest BCUT2D eigenvalue weighted by atomic mass is 10.0. The van der Waals surface area contributed by atoms with E-state index in [1.807, 2.05) is 19.1 Å². The largest absolute Gasteiger partial charge is 0.463 e. The minimum Gasteiger partial charge on any atom is -0.463 e. The van der Waals surface area contributed by atoms with Crippen LogP contribution in [-0.2, 0) is 9.53 Å². The molecule has 2 nitrogen and oxygen atoms in total. The molecule has 0 spiro atoms. The Morgan fingerprint density at radius 1 is 1.26 bits per heavy atom. The van der Waals surface area contributed by atoms with E-state index in [0.29, 0.717) is 18.1 Å². The van der Waals surface area contributed by atoms with Gasteiger partial charge in [-0.3, -0.25) is 0 Å². The molecule has 0 N–H and O–H groups in total. The Morgan fingerprint density at radius 2 is 1.95 bits per heavy atom. The maximum Gasteiger partial charge on any atom is 0.333 e. The second-order valence-corrected chi connectivity index (χ2v) is 5.20. The number of ether oxygens (including phenoxy) is 1. The molecule has 0 bridgehead atoms. The molecule has 0 fully saturated rings. The predicted molar refractivity (Wildman–Crippen MR) is 82.0 cm³/mol. The van der Waals surface area contributed by atoms with Crippen molar-refractivity contribution in [3.05, 3.63) is 35.5 Å². The lowest BCUT2D eigenvalue weighted by molar-refractivity contribution is -0.138. The number of carbonyl (C=O) groups excluding carboxylic acids is 1. The standard InChI is InChI=1S/C17H28O2/c1-6-19-17(18)16(5)13-8-7-11-15(4)12-9-10-14(2)3/h7-8,10,13,15H,6,9,11-12H2,1-5H3. The molecule has 0 heterocycles. The van der Waals surface area contributed by atoms with E-state index in [-0.39, 0.29) is 5.97 Å². The van der Waals surface area contributed by atoms with Crippen molar-refractivity contribution in [1.82, 2.24) is 0 Å². The van der Waals surface area contributed by atoms with E-state index in [0.717, 1.165) is 12.8 Å². The van der Waals surface area contributed by atoms with E-state index < -0.39 is 0 Å². The van der Waals surface area contributed by atoms with Crippen LogP contribution in [-0.4, -0.2) is 12.6 Å². The van der Waals surface area contributed by atoms with Crippen molar-refractivity contribution in [2.24, 2.45) is 5.92 Å². The molecule has 19 heavy (non-hydrogen) atoms. The van der Waals surface area contributed by atoms with Crippen LogP contribution in [0.5, 0.6) is 0 Å². The molecule has 0 saturated carbocycles. The first kappa shape index (κ1) is 17.7. The van der Waals surface area contributed by atoms with Crippen molar-refractivity contribution in [2.45, 2.75) is 53.9 Å². The quantitative estimate of drug-likeness (QED) is 0.272. The van der Waals surface area contributed by atoms with Gasteiger partial charge in [0.15, 0.2) is 0 Å². The Labute approximate surface area is 118 Å². The number of allylic oxidation sites excluding steroid dienone is 5. The summed E-state index contributed by atoms with van der Waals surface area (Å²) in [4.78, 5) is 11.3. The summed E-state index contributed by atoms with van der Waals surface area (Å²) in [6.45, 7) is 10.5. The molecular formula is C17H28O2. The van der Waals surface area contributed by atoms with Gasteiger partial charge in [-0.1, -0.05) is 36.8 Å². The highest BCUT2D eigenvalue weighted by atomic mass is 16.5. The van der Waals surface area contributed by atoms with Crippen molar-refractivity contribution in [2.75, 3.05) is 6.61 Å². The normalized spacial score (nSPS) is 13.4. The van der Waals surface area contributed by atoms with Gasteiger partial charge >= 0.3 is 5.97 Å². The van der Waals surface area contributed by atoms with Gasteiger partial charge in [-0.2, -0.15) is 0 Å². The zero-order valence-corrected chi connectivity index (χ0v) is 13.0. The molecule has 1 atom stereocenters. The van der Waals surface area contributed by atoms with E-state index in [1.165, 1.54) is 12.0 Å². The van der Waals surface area contributed by atoms with Gasteiger partial charge in [-0.15, -0.1) is 0 Å². The minimum absolute atomic E-state index is 0.233. The van der Waals surface area contributed by atoms with Crippen LogP contribution in [0.1, 0.15) is 53.9 Å². The summed E-state index contributed by atoms with van der Waals surface area (Å²) in [5, 5.41) is 0. The van der Waals surface area contributed by atoms with Crippen LogP contribution < -0.4 is 0 Å². The molecule has 0 aromatic heterocycles.